The number of piperazine rings is 1. The van der Waals surface area contributed by atoms with E-state index in [1.165, 1.54) is 28.3 Å². The van der Waals surface area contributed by atoms with Gasteiger partial charge in [0.1, 0.15) is 6.67 Å². The van der Waals surface area contributed by atoms with Crippen molar-refractivity contribution < 1.29 is 9.90 Å². The number of amides is 1. The first-order valence-electron chi connectivity index (χ1n) is 13.5. The van der Waals surface area contributed by atoms with Gasteiger partial charge in [-0.25, -0.2) is 0 Å². The molecule has 6 rings (SSSR count). The molecule has 1 atom stereocenters. The summed E-state index contributed by atoms with van der Waals surface area (Å²) < 4.78 is 1.71. The predicted molar refractivity (Wildman–Crippen MR) is 147 cm³/mol. The van der Waals surface area contributed by atoms with Crippen molar-refractivity contribution in [2.24, 2.45) is 0 Å². The number of likely N-dealkylation sites (N-methyl/N-ethyl adjacent to an activating group) is 1. The van der Waals surface area contributed by atoms with Gasteiger partial charge in [0.05, 0.1) is 6.04 Å². The molecule has 1 fully saturated rings. The SMILES string of the molecule is CC(CN1CCN(C)CC1)N1CN(C2c3ccccc3CCc3ccccc32)n2ccc(=O)c(O)c2C1=O. The first kappa shape index (κ1) is 24.7. The van der Waals surface area contributed by atoms with Gasteiger partial charge in [-0.15, -0.1) is 0 Å². The van der Waals surface area contributed by atoms with Crippen LogP contribution < -0.4 is 10.4 Å². The summed E-state index contributed by atoms with van der Waals surface area (Å²) in [7, 11) is 2.13. The quantitative estimate of drug-likeness (QED) is 0.578. The van der Waals surface area contributed by atoms with Crippen molar-refractivity contribution in [3.63, 3.8) is 0 Å². The summed E-state index contributed by atoms with van der Waals surface area (Å²) >= 11 is 0. The van der Waals surface area contributed by atoms with Gasteiger partial charge < -0.3 is 14.9 Å². The van der Waals surface area contributed by atoms with E-state index in [1.807, 2.05) is 4.90 Å². The minimum absolute atomic E-state index is 0.0354. The third kappa shape index (κ3) is 4.27. The number of hydrogen-bond donors (Lipinski definition) is 1. The molecule has 1 amide bonds. The van der Waals surface area contributed by atoms with E-state index in [9.17, 15) is 14.7 Å². The predicted octanol–water partition coefficient (Wildman–Crippen LogP) is 2.43. The Labute approximate surface area is 223 Å². The van der Waals surface area contributed by atoms with E-state index >= 15 is 0 Å². The molecule has 198 valence electrons. The van der Waals surface area contributed by atoms with Gasteiger partial charge in [0.2, 0.25) is 5.43 Å². The van der Waals surface area contributed by atoms with Crippen molar-refractivity contribution >= 4 is 5.91 Å². The number of carbonyl (C=O) groups excluding carboxylic acids is 1. The summed E-state index contributed by atoms with van der Waals surface area (Å²) in [4.78, 5) is 32.9. The summed E-state index contributed by atoms with van der Waals surface area (Å²) in [6.07, 6.45) is 3.50. The zero-order valence-corrected chi connectivity index (χ0v) is 22.1. The minimum atomic E-state index is -0.542. The molecule has 0 radical (unpaired) electrons. The van der Waals surface area contributed by atoms with Gasteiger partial charge in [-0.2, -0.15) is 0 Å². The van der Waals surface area contributed by atoms with Crippen LogP contribution in [0.25, 0.3) is 0 Å². The smallest absolute Gasteiger partial charge is 0.278 e. The first-order valence-corrected chi connectivity index (χ1v) is 13.5. The molecule has 8 nitrogen and oxygen atoms in total. The largest absolute Gasteiger partial charge is 0.502 e. The van der Waals surface area contributed by atoms with Crippen LogP contribution in [-0.4, -0.2) is 82.9 Å². The Kier molecular flexibility index (Phi) is 6.45. The van der Waals surface area contributed by atoms with Crippen molar-refractivity contribution in [3.05, 3.63) is 99.0 Å². The molecule has 3 heterocycles. The van der Waals surface area contributed by atoms with Crippen LogP contribution in [-0.2, 0) is 12.8 Å². The normalized spacial score (nSPS) is 19.5. The lowest BCUT2D eigenvalue weighted by molar-refractivity contribution is 0.0520. The van der Waals surface area contributed by atoms with E-state index in [4.69, 9.17) is 0 Å². The van der Waals surface area contributed by atoms with Gasteiger partial charge in [-0.05, 0) is 49.1 Å². The molecule has 8 heteroatoms. The van der Waals surface area contributed by atoms with E-state index in [-0.39, 0.29) is 23.7 Å². The number of pyridine rings is 1. The second-order valence-electron chi connectivity index (χ2n) is 10.8. The molecule has 0 saturated carbocycles. The molecular formula is C30H35N5O3. The van der Waals surface area contributed by atoms with E-state index < -0.39 is 11.2 Å². The number of fused-ring (bicyclic) bond motifs is 3. The van der Waals surface area contributed by atoms with Gasteiger partial charge in [0, 0.05) is 51.0 Å². The summed E-state index contributed by atoms with van der Waals surface area (Å²) in [6.45, 7) is 7.06. The molecule has 2 aromatic carbocycles. The zero-order valence-electron chi connectivity index (χ0n) is 22.1. The van der Waals surface area contributed by atoms with Crippen molar-refractivity contribution in [3.8, 4) is 5.75 Å². The molecule has 0 spiro atoms. The number of rotatable bonds is 4. The second-order valence-corrected chi connectivity index (χ2v) is 10.8. The molecule has 0 bridgehead atoms. The molecule has 3 aliphatic rings. The average Bonchev–Trinajstić information content (AvgIpc) is 3.09. The van der Waals surface area contributed by atoms with Crippen LogP contribution in [0.2, 0.25) is 0 Å². The molecule has 1 saturated heterocycles. The highest BCUT2D eigenvalue weighted by atomic mass is 16.3. The maximum atomic E-state index is 13.9. The van der Waals surface area contributed by atoms with Gasteiger partial charge in [-0.3, -0.25) is 24.2 Å². The lowest BCUT2D eigenvalue weighted by Gasteiger charge is -2.47. The van der Waals surface area contributed by atoms with Gasteiger partial charge in [-0.1, -0.05) is 48.5 Å². The lowest BCUT2D eigenvalue weighted by Crippen LogP contribution is -2.60. The minimum Gasteiger partial charge on any atom is -0.502 e. The topological polar surface area (TPSA) is 72.3 Å². The number of hydrogen-bond acceptors (Lipinski definition) is 6. The highest BCUT2D eigenvalue weighted by Crippen LogP contribution is 2.38. The van der Waals surface area contributed by atoms with Crippen molar-refractivity contribution in [1.29, 1.82) is 0 Å². The first-order chi connectivity index (χ1) is 18.4. The number of aromatic hydroxyl groups is 1. The fourth-order valence-corrected chi connectivity index (χ4v) is 6.22. The van der Waals surface area contributed by atoms with Crippen LogP contribution in [0.1, 0.15) is 45.7 Å². The van der Waals surface area contributed by atoms with Crippen LogP contribution in [0, 0.1) is 0 Å². The summed E-state index contributed by atoms with van der Waals surface area (Å²) in [5.41, 5.74) is 4.40. The molecule has 1 N–H and O–H groups in total. The van der Waals surface area contributed by atoms with Crippen LogP contribution in [0.3, 0.4) is 0 Å². The van der Waals surface area contributed by atoms with E-state index in [1.54, 1.807) is 10.9 Å². The number of carbonyl (C=O) groups is 1. The molecular weight excluding hydrogens is 478 g/mol. The van der Waals surface area contributed by atoms with Crippen LogP contribution in [0.4, 0.5) is 0 Å². The number of aryl methyl sites for hydroxylation is 2. The Balaban J connectivity index is 1.46. The Bertz CT molecular complexity index is 1360. The van der Waals surface area contributed by atoms with Crippen LogP contribution in [0.15, 0.2) is 65.6 Å². The van der Waals surface area contributed by atoms with Gasteiger partial charge >= 0.3 is 0 Å². The Morgan fingerprint density at radius 3 is 2.13 bits per heavy atom. The van der Waals surface area contributed by atoms with Gasteiger partial charge in [0.25, 0.3) is 5.91 Å². The Hall–Kier alpha value is -3.62. The zero-order chi connectivity index (χ0) is 26.4. The monoisotopic (exact) mass is 513 g/mol. The highest BCUT2D eigenvalue weighted by Gasteiger charge is 2.40. The maximum Gasteiger partial charge on any atom is 0.278 e. The Morgan fingerprint density at radius 1 is 0.895 bits per heavy atom. The number of aromatic nitrogens is 1. The average molecular weight is 514 g/mol. The second kappa shape index (κ2) is 9.93. The van der Waals surface area contributed by atoms with E-state index in [0.717, 1.165) is 45.6 Å². The van der Waals surface area contributed by atoms with E-state index in [2.05, 4.69) is 77.3 Å². The third-order valence-corrected chi connectivity index (χ3v) is 8.40. The molecule has 3 aromatic rings. The molecule has 1 aromatic heterocycles. The summed E-state index contributed by atoms with van der Waals surface area (Å²) in [5, 5.41) is 13.0. The lowest BCUT2D eigenvalue weighted by atomic mass is 9.94. The maximum absolute atomic E-state index is 13.9. The summed E-state index contributed by atoms with van der Waals surface area (Å²) in [6, 6.07) is 18.0. The van der Waals surface area contributed by atoms with Gasteiger partial charge in [0.15, 0.2) is 11.4 Å². The van der Waals surface area contributed by atoms with Crippen molar-refractivity contribution in [2.45, 2.75) is 31.8 Å². The third-order valence-electron chi connectivity index (χ3n) is 8.40. The van der Waals surface area contributed by atoms with Crippen LogP contribution in [0.5, 0.6) is 5.75 Å². The molecule has 1 unspecified atom stereocenters. The van der Waals surface area contributed by atoms with Crippen LogP contribution >= 0.6 is 0 Å². The fraction of sp³-hybridized carbons (Fsp3) is 0.400. The fourth-order valence-electron chi connectivity index (χ4n) is 6.22. The molecule has 38 heavy (non-hydrogen) atoms. The Morgan fingerprint density at radius 2 is 1.50 bits per heavy atom. The van der Waals surface area contributed by atoms with Crippen molar-refractivity contribution in [2.75, 3.05) is 51.4 Å². The van der Waals surface area contributed by atoms with E-state index in [0.29, 0.717) is 6.67 Å². The summed E-state index contributed by atoms with van der Waals surface area (Å²) in [5.74, 6) is -0.803. The highest BCUT2D eigenvalue weighted by molar-refractivity contribution is 5.96. The van der Waals surface area contributed by atoms with Crippen molar-refractivity contribution in [1.82, 2.24) is 19.4 Å². The number of nitrogens with zero attached hydrogens (tertiary/aromatic N) is 5. The standard InChI is InChI=1S/C30H35N5O3/c1-21(19-32-17-15-31(2)16-18-32)33-20-35(34-14-13-26(36)29(37)28(34)30(33)38)27-24-9-5-3-7-22(24)11-12-23-8-4-6-10-25(23)27/h3-10,13-14,21,27,37H,11-12,15-20H2,1-2H3. The number of benzene rings is 2. The molecule has 2 aliphatic heterocycles. The molecule has 1 aliphatic carbocycles.